The molecule has 0 saturated heterocycles. The van der Waals surface area contributed by atoms with Crippen LogP contribution < -0.4 is 0 Å². The topological polar surface area (TPSA) is 63.1 Å². The van der Waals surface area contributed by atoms with Gasteiger partial charge in [-0.05, 0) is 18.9 Å². The summed E-state index contributed by atoms with van der Waals surface area (Å²) >= 11 is 5.69. The van der Waals surface area contributed by atoms with Crippen LogP contribution in [0, 0.1) is 0 Å². The largest absolute Gasteiger partial charge is 0.478 e. The molecule has 1 aromatic heterocycles. The number of carboxylic acids is 1. The highest BCUT2D eigenvalue weighted by atomic mass is 35.5. The van der Waals surface area contributed by atoms with Crippen LogP contribution in [0.25, 0.3) is 5.57 Å². The second kappa shape index (κ2) is 4.89. The zero-order valence-corrected chi connectivity index (χ0v) is 9.25. The summed E-state index contributed by atoms with van der Waals surface area (Å²) in [6.07, 6.45) is 3.50. The van der Waals surface area contributed by atoms with Gasteiger partial charge in [0.05, 0.1) is 18.1 Å². The molecule has 80 valence electrons. The molecule has 0 aliphatic heterocycles. The predicted molar refractivity (Wildman–Crippen MR) is 57.6 cm³/mol. The van der Waals surface area contributed by atoms with Gasteiger partial charge in [-0.15, -0.1) is 0 Å². The lowest BCUT2D eigenvalue weighted by Crippen LogP contribution is -2.02. The molecule has 0 atom stereocenters. The van der Waals surface area contributed by atoms with E-state index in [0.29, 0.717) is 17.7 Å². The van der Waals surface area contributed by atoms with E-state index in [1.165, 1.54) is 12.4 Å². The molecule has 0 saturated carbocycles. The summed E-state index contributed by atoms with van der Waals surface area (Å²) in [5, 5.41) is 9.14. The molecule has 1 rings (SSSR count). The van der Waals surface area contributed by atoms with Crippen molar-refractivity contribution < 1.29 is 9.90 Å². The van der Waals surface area contributed by atoms with Crippen LogP contribution in [-0.2, 0) is 4.79 Å². The van der Waals surface area contributed by atoms with Crippen LogP contribution in [0.15, 0.2) is 18.0 Å². The standard InChI is InChI=1S/C10H11ClN2O2/c1-3-7(6(2)10(14)15)8-4-12-5-9(11)13-8/h4-5H,3H2,1-2H3,(H,14,15). The molecule has 0 unspecified atom stereocenters. The summed E-state index contributed by atoms with van der Waals surface area (Å²) in [5.74, 6) is -0.950. The first-order valence-corrected chi connectivity index (χ1v) is 4.85. The summed E-state index contributed by atoms with van der Waals surface area (Å²) in [7, 11) is 0. The molecule has 0 bridgehead atoms. The van der Waals surface area contributed by atoms with Gasteiger partial charge in [-0.25, -0.2) is 9.78 Å². The highest BCUT2D eigenvalue weighted by Crippen LogP contribution is 2.20. The summed E-state index contributed by atoms with van der Waals surface area (Å²) in [6.45, 7) is 3.41. The lowest BCUT2D eigenvalue weighted by atomic mass is 10.0. The molecule has 1 heterocycles. The molecule has 0 radical (unpaired) electrons. The van der Waals surface area contributed by atoms with Crippen LogP contribution in [0.2, 0.25) is 5.15 Å². The van der Waals surface area contributed by atoms with Crippen molar-refractivity contribution in [1.29, 1.82) is 0 Å². The molecule has 0 aliphatic rings. The first-order valence-electron chi connectivity index (χ1n) is 4.47. The van der Waals surface area contributed by atoms with Crippen molar-refractivity contribution in [1.82, 2.24) is 9.97 Å². The number of allylic oxidation sites excluding steroid dienone is 1. The van der Waals surface area contributed by atoms with E-state index in [0.717, 1.165) is 0 Å². The summed E-state index contributed by atoms with van der Waals surface area (Å²) in [4.78, 5) is 18.7. The van der Waals surface area contributed by atoms with Crippen LogP contribution in [0.1, 0.15) is 26.0 Å². The second-order valence-corrected chi connectivity index (χ2v) is 3.38. The Bertz CT molecular complexity index is 416. The van der Waals surface area contributed by atoms with Gasteiger partial charge in [0.15, 0.2) is 0 Å². The average Bonchev–Trinajstić information content (AvgIpc) is 2.18. The maximum atomic E-state index is 10.8. The molecular formula is C10H11ClN2O2. The Morgan fingerprint density at radius 2 is 2.20 bits per heavy atom. The minimum absolute atomic E-state index is 0.261. The zero-order chi connectivity index (χ0) is 11.4. The quantitative estimate of drug-likeness (QED) is 0.804. The van der Waals surface area contributed by atoms with Crippen LogP contribution >= 0.6 is 11.6 Å². The molecule has 5 heteroatoms. The molecule has 0 fully saturated rings. The molecule has 0 aliphatic carbocycles. The third kappa shape index (κ3) is 2.76. The monoisotopic (exact) mass is 226 g/mol. The number of carbonyl (C=O) groups is 1. The Hall–Kier alpha value is -1.42. The number of rotatable bonds is 3. The minimum atomic E-state index is -0.950. The minimum Gasteiger partial charge on any atom is -0.478 e. The van der Waals surface area contributed by atoms with E-state index in [2.05, 4.69) is 9.97 Å². The normalized spacial score (nSPS) is 12.2. The van der Waals surface area contributed by atoms with Gasteiger partial charge in [-0.2, -0.15) is 0 Å². The predicted octanol–water partition coefficient (Wildman–Crippen LogP) is 2.40. The lowest BCUT2D eigenvalue weighted by molar-refractivity contribution is -0.132. The van der Waals surface area contributed by atoms with Crippen molar-refractivity contribution in [3.05, 3.63) is 28.8 Å². The maximum Gasteiger partial charge on any atom is 0.331 e. The number of aliphatic carboxylic acids is 1. The van der Waals surface area contributed by atoms with Crippen molar-refractivity contribution in [2.75, 3.05) is 0 Å². The van der Waals surface area contributed by atoms with E-state index in [-0.39, 0.29) is 10.7 Å². The SMILES string of the molecule is CCC(=C(C)C(=O)O)c1cncc(Cl)n1. The molecule has 0 aromatic carbocycles. The van der Waals surface area contributed by atoms with Gasteiger partial charge in [-0.1, -0.05) is 18.5 Å². The van der Waals surface area contributed by atoms with E-state index in [1.54, 1.807) is 6.92 Å². The summed E-state index contributed by atoms with van der Waals surface area (Å²) < 4.78 is 0. The smallest absolute Gasteiger partial charge is 0.331 e. The fourth-order valence-electron chi connectivity index (χ4n) is 1.26. The van der Waals surface area contributed by atoms with Crippen LogP contribution in [0.3, 0.4) is 0 Å². The zero-order valence-electron chi connectivity index (χ0n) is 8.49. The Morgan fingerprint density at radius 1 is 1.53 bits per heavy atom. The molecule has 0 amide bonds. The first-order chi connectivity index (χ1) is 7.06. The van der Waals surface area contributed by atoms with Crippen molar-refractivity contribution in [2.45, 2.75) is 20.3 Å². The highest BCUT2D eigenvalue weighted by Gasteiger charge is 2.11. The fourth-order valence-corrected chi connectivity index (χ4v) is 1.40. The number of halogens is 1. The fraction of sp³-hybridized carbons (Fsp3) is 0.300. The van der Waals surface area contributed by atoms with Gasteiger partial charge in [0.1, 0.15) is 5.15 Å². The Labute approximate surface area is 92.6 Å². The van der Waals surface area contributed by atoms with E-state index in [4.69, 9.17) is 16.7 Å². The van der Waals surface area contributed by atoms with Gasteiger partial charge >= 0.3 is 5.97 Å². The van der Waals surface area contributed by atoms with Crippen molar-refractivity contribution in [3.63, 3.8) is 0 Å². The molecular weight excluding hydrogens is 216 g/mol. The van der Waals surface area contributed by atoms with Gasteiger partial charge in [0, 0.05) is 5.57 Å². The van der Waals surface area contributed by atoms with Crippen molar-refractivity contribution in [2.24, 2.45) is 0 Å². The average molecular weight is 227 g/mol. The highest BCUT2D eigenvalue weighted by molar-refractivity contribution is 6.29. The first kappa shape index (κ1) is 11.7. The summed E-state index contributed by atoms with van der Waals surface area (Å²) in [6, 6.07) is 0. The maximum absolute atomic E-state index is 10.8. The van der Waals surface area contributed by atoms with Crippen LogP contribution in [-0.4, -0.2) is 21.0 Å². The van der Waals surface area contributed by atoms with Crippen molar-refractivity contribution in [3.8, 4) is 0 Å². The van der Waals surface area contributed by atoms with Crippen LogP contribution in [0.5, 0.6) is 0 Å². The third-order valence-electron chi connectivity index (χ3n) is 2.04. The van der Waals surface area contributed by atoms with Gasteiger partial charge < -0.3 is 5.11 Å². The molecule has 4 nitrogen and oxygen atoms in total. The van der Waals surface area contributed by atoms with Gasteiger partial charge in [0.25, 0.3) is 0 Å². The number of hydrogen-bond acceptors (Lipinski definition) is 3. The molecule has 0 spiro atoms. The second-order valence-electron chi connectivity index (χ2n) is 2.99. The number of carboxylic acid groups (broad SMARTS) is 1. The molecule has 1 aromatic rings. The Kier molecular flexibility index (Phi) is 3.80. The van der Waals surface area contributed by atoms with E-state index < -0.39 is 5.97 Å². The third-order valence-corrected chi connectivity index (χ3v) is 2.22. The lowest BCUT2D eigenvalue weighted by Gasteiger charge is -2.06. The van der Waals surface area contributed by atoms with Gasteiger partial charge in [-0.3, -0.25) is 4.98 Å². The van der Waals surface area contributed by atoms with Crippen LogP contribution in [0.4, 0.5) is 0 Å². The van der Waals surface area contributed by atoms with Gasteiger partial charge in [0.2, 0.25) is 0 Å². The van der Waals surface area contributed by atoms with E-state index >= 15 is 0 Å². The molecule has 15 heavy (non-hydrogen) atoms. The Morgan fingerprint density at radius 3 is 2.67 bits per heavy atom. The summed E-state index contributed by atoms with van der Waals surface area (Å²) in [5.41, 5.74) is 1.44. The Balaban J connectivity index is 3.24. The molecule has 1 N–H and O–H groups in total. The van der Waals surface area contributed by atoms with Crippen molar-refractivity contribution >= 4 is 23.1 Å². The number of nitrogens with zero attached hydrogens (tertiary/aromatic N) is 2. The van der Waals surface area contributed by atoms with E-state index in [1.807, 2.05) is 6.92 Å². The number of hydrogen-bond donors (Lipinski definition) is 1. The number of aromatic nitrogens is 2. The van der Waals surface area contributed by atoms with E-state index in [9.17, 15) is 4.79 Å².